The van der Waals surface area contributed by atoms with Crippen LogP contribution in [0, 0.1) is 25.7 Å². The van der Waals surface area contributed by atoms with E-state index in [-0.39, 0.29) is 5.92 Å². The lowest BCUT2D eigenvalue weighted by molar-refractivity contribution is 0.306. The maximum absolute atomic E-state index is 6.16. The van der Waals surface area contributed by atoms with Gasteiger partial charge in [-0.2, -0.15) is 5.10 Å². The quantitative estimate of drug-likeness (QED) is 0.208. The molecule has 3 aromatic carbocycles. The third kappa shape index (κ3) is 5.20. The van der Waals surface area contributed by atoms with Crippen molar-refractivity contribution in [1.82, 2.24) is 10.3 Å². The van der Waals surface area contributed by atoms with Gasteiger partial charge in [-0.3, -0.25) is 5.20 Å². The summed E-state index contributed by atoms with van der Waals surface area (Å²) in [4.78, 5) is 0. The zero-order valence-electron chi connectivity index (χ0n) is 20.1. The van der Waals surface area contributed by atoms with Gasteiger partial charge in [0.2, 0.25) is 0 Å². The molecule has 4 aromatic rings. The summed E-state index contributed by atoms with van der Waals surface area (Å²) in [7, 11) is 0.446. The molecule has 1 aliphatic rings. The van der Waals surface area contributed by atoms with Crippen LogP contribution in [0.25, 0.3) is 21.2 Å². The number of thiophene rings is 1. The van der Waals surface area contributed by atoms with Crippen LogP contribution in [0.3, 0.4) is 0 Å². The van der Waals surface area contributed by atoms with Gasteiger partial charge in [-0.25, -0.2) is 0 Å². The molecule has 0 amide bonds. The second-order valence-electron chi connectivity index (χ2n) is 8.68. The highest BCUT2D eigenvalue weighted by Crippen LogP contribution is 2.38. The van der Waals surface area contributed by atoms with Gasteiger partial charge in [0.15, 0.2) is 0 Å². The van der Waals surface area contributed by atoms with Crippen LogP contribution in [0.4, 0.5) is 0 Å². The van der Waals surface area contributed by atoms with Crippen molar-refractivity contribution in [1.29, 1.82) is 0 Å². The smallest absolute Gasteiger partial charge is 0.128 e. The molecule has 4 nitrogen and oxygen atoms in total. The summed E-state index contributed by atoms with van der Waals surface area (Å²) in [5, 5.41) is 14.1. The molecule has 0 radical (unpaired) electrons. The van der Waals surface area contributed by atoms with Crippen molar-refractivity contribution < 1.29 is 4.74 Å². The number of ether oxygens (including phenoxy) is 1. The fraction of sp³-hybridized carbons (Fsp3) is 0.207. The molecule has 1 aliphatic heterocycles. The topological polar surface area (TPSA) is 45.7 Å². The Bertz CT molecular complexity index is 1430. The Balaban J connectivity index is 1.31. The molecule has 1 aromatic heterocycles. The highest BCUT2D eigenvalue weighted by Gasteiger charge is 2.15. The molecule has 5 rings (SSSR count). The first-order valence-electron chi connectivity index (χ1n) is 11.7. The first-order chi connectivity index (χ1) is 17.1. The lowest BCUT2D eigenvalue weighted by Crippen LogP contribution is -2.14. The van der Waals surface area contributed by atoms with E-state index in [4.69, 9.17) is 4.74 Å². The Hall–Kier alpha value is -3.32. The average Bonchev–Trinajstić information content (AvgIpc) is 3.53. The average molecular weight is 498 g/mol. The van der Waals surface area contributed by atoms with E-state index in [0.29, 0.717) is 15.5 Å². The van der Waals surface area contributed by atoms with Crippen molar-refractivity contribution in [2.24, 2.45) is 5.10 Å². The normalized spacial score (nSPS) is 14.1. The minimum Gasteiger partial charge on any atom is -0.489 e. The molecule has 2 atom stereocenters. The van der Waals surface area contributed by atoms with Crippen molar-refractivity contribution in [3.05, 3.63) is 88.3 Å². The molecular formula is C29H28N3OPS. The first kappa shape index (κ1) is 23.4. The van der Waals surface area contributed by atoms with Gasteiger partial charge in [0.25, 0.3) is 0 Å². The fourth-order valence-electron chi connectivity index (χ4n) is 4.50. The molecule has 35 heavy (non-hydrogen) atoms. The van der Waals surface area contributed by atoms with Crippen LogP contribution in [-0.4, -0.2) is 5.84 Å². The van der Waals surface area contributed by atoms with Gasteiger partial charge in [0.1, 0.15) is 18.2 Å². The molecule has 0 aliphatic carbocycles. The first-order valence-corrected chi connectivity index (χ1v) is 13.5. The number of amidine groups is 1. The van der Waals surface area contributed by atoms with E-state index >= 15 is 0 Å². The summed E-state index contributed by atoms with van der Waals surface area (Å²) < 4.78 is 7.46. The second kappa shape index (κ2) is 10.5. The lowest BCUT2D eigenvalue weighted by Gasteiger charge is -2.13. The molecule has 176 valence electrons. The number of hydrogen-bond donors (Lipinski definition) is 2. The third-order valence-corrected chi connectivity index (χ3v) is 7.85. The van der Waals surface area contributed by atoms with E-state index in [9.17, 15) is 0 Å². The molecule has 0 saturated heterocycles. The van der Waals surface area contributed by atoms with Crippen LogP contribution in [0.2, 0.25) is 0 Å². The Kier molecular flexibility index (Phi) is 7.04. The Morgan fingerprint density at radius 2 is 1.86 bits per heavy atom. The maximum atomic E-state index is 6.16. The van der Waals surface area contributed by atoms with Gasteiger partial charge in [-0.15, -0.1) is 17.3 Å². The van der Waals surface area contributed by atoms with Crippen LogP contribution in [-0.2, 0) is 6.61 Å². The molecule has 0 fully saturated rings. The number of nitrogens with zero attached hydrogens (tertiary/aromatic N) is 1. The minimum atomic E-state index is 0.106. The van der Waals surface area contributed by atoms with Crippen molar-refractivity contribution in [2.45, 2.75) is 39.7 Å². The summed E-state index contributed by atoms with van der Waals surface area (Å²) in [6.07, 6.45) is 0.768. The second-order valence-corrected chi connectivity index (χ2v) is 10.3. The standard InChI is InChI=1S/C29H28N3OPS/c1-4-6-23(16-28-30-32-34-31-28)22-10-12-24(13-11-22)33-17-21-9-14-27-25(15-21)26(18-35-27)29-19(2)7-5-8-20(29)3/h5,7-15,18,23,32,34H,16-17H2,1-3H3,(H,30,31). The van der Waals surface area contributed by atoms with Gasteiger partial charge in [0.05, 0.1) is 14.8 Å². The predicted octanol–water partition coefficient (Wildman–Crippen LogP) is 7.28. The predicted molar refractivity (Wildman–Crippen MR) is 150 cm³/mol. The van der Waals surface area contributed by atoms with Gasteiger partial charge >= 0.3 is 0 Å². The van der Waals surface area contributed by atoms with E-state index in [0.717, 1.165) is 18.0 Å². The zero-order chi connectivity index (χ0) is 24.2. The van der Waals surface area contributed by atoms with Gasteiger partial charge in [-0.1, -0.05) is 42.3 Å². The summed E-state index contributed by atoms with van der Waals surface area (Å²) >= 11 is 1.80. The minimum absolute atomic E-state index is 0.106. The van der Waals surface area contributed by atoms with Gasteiger partial charge in [0, 0.05) is 22.1 Å². The maximum Gasteiger partial charge on any atom is 0.128 e. The number of hydrogen-bond acceptors (Lipinski definition) is 5. The van der Waals surface area contributed by atoms with Crippen LogP contribution in [0.1, 0.15) is 41.5 Å². The molecular weight excluding hydrogens is 469 g/mol. The molecule has 0 bridgehead atoms. The van der Waals surface area contributed by atoms with E-state index < -0.39 is 0 Å². The molecule has 0 spiro atoms. The van der Waals surface area contributed by atoms with Crippen LogP contribution in [0.15, 0.2) is 71.1 Å². The van der Waals surface area contributed by atoms with E-state index in [1.165, 1.54) is 43.5 Å². The molecule has 0 saturated carbocycles. The van der Waals surface area contributed by atoms with Crippen molar-refractivity contribution in [3.63, 3.8) is 0 Å². The van der Waals surface area contributed by atoms with E-state index in [1.807, 2.05) is 19.1 Å². The van der Waals surface area contributed by atoms with Gasteiger partial charge in [-0.05, 0) is 78.2 Å². The van der Waals surface area contributed by atoms with Crippen molar-refractivity contribution >= 4 is 36.1 Å². The zero-order valence-corrected chi connectivity index (χ0v) is 21.9. The SMILES string of the molecule is CC#CC(CC1=NNPN1)c1ccc(OCc2ccc3scc(-c4c(C)cccc4C)c3c2)cc1. The largest absolute Gasteiger partial charge is 0.489 e. The lowest BCUT2D eigenvalue weighted by atomic mass is 9.95. The van der Waals surface area contributed by atoms with Gasteiger partial charge < -0.3 is 9.82 Å². The highest BCUT2D eigenvalue weighted by molar-refractivity contribution is 7.34. The number of aryl methyl sites for hydroxylation is 2. The number of hydrazone groups is 1. The Morgan fingerprint density at radius 1 is 1.06 bits per heavy atom. The summed E-state index contributed by atoms with van der Waals surface area (Å²) in [6, 6.07) is 21.4. The molecule has 2 heterocycles. The molecule has 2 unspecified atom stereocenters. The van der Waals surface area contributed by atoms with E-state index in [1.54, 1.807) is 11.3 Å². The van der Waals surface area contributed by atoms with Crippen LogP contribution in [0.5, 0.6) is 5.75 Å². The number of nitrogens with one attached hydrogen (secondary N) is 2. The number of benzene rings is 3. The molecule has 2 N–H and O–H groups in total. The summed E-state index contributed by atoms with van der Waals surface area (Å²) in [5.41, 5.74) is 7.61. The highest BCUT2D eigenvalue weighted by atomic mass is 32.1. The number of fused-ring (bicyclic) bond motifs is 1. The van der Waals surface area contributed by atoms with Crippen molar-refractivity contribution in [3.8, 4) is 28.7 Å². The Labute approximate surface area is 212 Å². The molecule has 6 heteroatoms. The van der Waals surface area contributed by atoms with E-state index in [2.05, 4.69) is 95.0 Å². The fourth-order valence-corrected chi connectivity index (χ4v) is 5.98. The van der Waals surface area contributed by atoms with Crippen molar-refractivity contribution in [2.75, 3.05) is 0 Å². The Morgan fingerprint density at radius 3 is 2.57 bits per heavy atom. The summed E-state index contributed by atoms with van der Waals surface area (Å²) in [5.74, 6) is 8.29. The summed E-state index contributed by atoms with van der Waals surface area (Å²) in [6.45, 7) is 6.79. The van der Waals surface area contributed by atoms with Crippen LogP contribution < -0.4 is 15.0 Å². The number of rotatable bonds is 7. The monoisotopic (exact) mass is 497 g/mol. The van der Waals surface area contributed by atoms with Crippen LogP contribution >= 0.6 is 20.2 Å². The third-order valence-electron chi connectivity index (χ3n) is 6.25.